The normalized spacial score (nSPS) is 9.27. The van der Waals surface area contributed by atoms with Crippen molar-refractivity contribution in [2.75, 3.05) is 0 Å². The molecule has 1 heteroatoms. The van der Waals surface area contributed by atoms with Gasteiger partial charge in [0, 0.05) is 0 Å². The Morgan fingerprint density at radius 1 is 1.18 bits per heavy atom. The van der Waals surface area contributed by atoms with Gasteiger partial charge in [-0.05, 0) is 0 Å². The molecule has 11 heavy (non-hydrogen) atoms. The summed E-state index contributed by atoms with van der Waals surface area (Å²) in [5.41, 5.74) is 0.250. The van der Waals surface area contributed by atoms with Crippen LogP contribution in [0.2, 0.25) is 0 Å². The molecule has 0 unspecified atom stereocenters. The molecule has 0 heterocycles. The molecule has 0 aromatic rings. The van der Waals surface area contributed by atoms with Gasteiger partial charge in [0.05, 0.1) is 0 Å². The van der Waals surface area contributed by atoms with Crippen molar-refractivity contribution in [3.05, 3.63) is 13.8 Å². The van der Waals surface area contributed by atoms with Crippen molar-refractivity contribution in [1.82, 2.24) is 0 Å². The smallest absolute Gasteiger partial charge is 0.343 e. The third-order valence-corrected chi connectivity index (χ3v) is 0.604. The summed E-state index contributed by atoms with van der Waals surface area (Å²) in [6, 6.07) is 0. The first-order valence-electron chi connectivity index (χ1n) is 4.06. The van der Waals surface area contributed by atoms with E-state index in [1.807, 2.05) is 0 Å². The van der Waals surface area contributed by atoms with E-state index >= 15 is 0 Å². The maximum absolute atomic E-state index is 3.77. The second-order valence-electron chi connectivity index (χ2n) is 3.77. The summed E-state index contributed by atoms with van der Waals surface area (Å²) in [6.45, 7) is 15.8. The molecule has 0 nitrogen and oxygen atoms in total. The molecule has 0 radical (unpaired) electrons. The predicted molar refractivity (Wildman–Crippen MR) is 49.7 cm³/mol. The maximum atomic E-state index is 3.77. The zero-order valence-electron chi connectivity index (χ0n) is 8.74. The topological polar surface area (TPSA) is 0 Å². The first kappa shape index (κ1) is 17.6. The average Bonchev–Trinajstić information content (AvgIpc) is 1.63. The van der Waals surface area contributed by atoms with E-state index < -0.39 is 0 Å². The molecule has 0 atom stereocenters. The Labute approximate surface area is 85.9 Å². The van der Waals surface area contributed by atoms with Gasteiger partial charge < -0.3 is 13.8 Å². The van der Waals surface area contributed by atoms with Crippen molar-refractivity contribution < 1.29 is 19.5 Å². The van der Waals surface area contributed by atoms with E-state index in [1.54, 1.807) is 0 Å². The molecule has 0 aliphatic heterocycles. The third-order valence-electron chi connectivity index (χ3n) is 0.604. The molecule has 0 rings (SSSR count). The van der Waals surface area contributed by atoms with Gasteiger partial charge in [-0.25, -0.2) is 0 Å². The fourth-order valence-corrected chi connectivity index (χ4v) is 0.250. The summed E-state index contributed by atoms with van der Waals surface area (Å²) in [6.07, 6.45) is 3.65. The first-order valence-corrected chi connectivity index (χ1v) is 4.06. The summed E-state index contributed by atoms with van der Waals surface area (Å²) in [5.74, 6) is 0. The molecule has 0 saturated carbocycles. The van der Waals surface area contributed by atoms with Gasteiger partial charge in [-0.15, -0.1) is 0 Å². The Bertz CT molecular complexity index is 44.4. The first-order chi connectivity index (χ1) is 4.41. The van der Waals surface area contributed by atoms with E-state index in [0.29, 0.717) is 0 Å². The van der Waals surface area contributed by atoms with Crippen LogP contribution in [0.15, 0.2) is 0 Å². The second-order valence-corrected chi connectivity index (χ2v) is 3.77. The molecule has 0 aliphatic carbocycles. The quantitative estimate of drug-likeness (QED) is 0.476. The van der Waals surface area contributed by atoms with Crippen molar-refractivity contribution in [1.29, 1.82) is 0 Å². The summed E-state index contributed by atoms with van der Waals surface area (Å²) in [5, 5.41) is 0. The Balaban J connectivity index is -0.000000107. The van der Waals surface area contributed by atoms with Crippen LogP contribution in [0.3, 0.4) is 0 Å². The van der Waals surface area contributed by atoms with Crippen LogP contribution in [0.5, 0.6) is 0 Å². The van der Waals surface area contributed by atoms with Crippen molar-refractivity contribution >= 4 is 0 Å². The fourth-order valence-electron chi connectivity index (χ4n) is 0.250. The molecule has 0 aromatic carbocycles. The van der Waals surface area contributed by atoms with Crippen LogP contribution in [-0.4, -0.2) is 0 Å². The zero-order chi connectivity index (χ0) is 8.62. The van der Waals surface area contributed by atoms with Crippen LogP contribution in [0, 0.1) is 19.3 Å². The largest absolute Gasteiger partial charge is 2.00 e. The summed E-state index contributed by atoms with van der Waals surface area (Å²) in [4.78, 5) is 0. The van der Waals surface area contributed by atoms with Gasteiger partial charge in [-0.2, -0.15) is 11.8 Å². The summed E-state index contributed by atoms with van der Waals surface area (Å²) < 4.78 is 0. The minimum Gasteiger partial charge on any atom is -0.343 e. The van der Waals surface area contributed by atoms with Gasteiger partial charge in [0.25, 0.3) is 0 Å². The molecule has 0 N–H and O–H groups in total. The maximum Gasteiger partial charge on any atom is 2.00 e. The Morgan fingerprint density at radius 3 is 1.45 bits per heavy atom. The predicted octanol–water partition coefficient (Wildman–Crippen LogP) is 3.87. The van der Waals surface area contributed by atoms with E-state index in [0.717, 1.165) is 6.42 Å². The summed E-state index contributed by atoms with van der Waals surface area (Å²) >= 11 is 0. The SMILES string of the molecule is [CH2-]C(C)(C)C.[CH2-]CCCC.[Zn+2]. The number of unbranched alkanes of at least 4 members (excludes halogenated alkanes) is 2. The molecule has 0 aromatic heterocycles. The Morgan fingerprint density at radius 2 is 1.45 bits per heavy atom. The molecular weight excluding hydrogens is 185 g/mol. The molecule has 0 aliphatic rings. The van der Waals surface area contributed by atoms with Crippen LogP contribution >= 0.6 is 0 Å². The van der Waals surface area contributed by atoms with Crippen molar-refractivity contribution in [3.63, 3.8) is 0 Å². The minimum absolute atomic E-state index is 0. The summed E-state index contributed by atoms with van der Waals surface area (Å²) in [7, 11) is 0. The van der Waals surface area contributed by atoms with E-state index in [2.05, 4.69) is 41.5 Å². The Hall–Kier alpha value is 0.623. The molecule has 0 amide bonds. The van der Waals surface area contributed by atoms with Gasteiger partial charge in [0.2, 0.25) is 0 Å². The zero-order valence-corrected chi connectivity index (χ0v) is 11.7. The second kappa shape index (κ2) is 10.6. The van der Waals surface area contributed by atoms with Gasteiger partial charge >= 0.3 is 19.5 Å². The molecule has 0 bridgehead atoms. The fraction of sp³-hybridized carbons (Fsp3) is 0.800. The van der Waals surface area contributed by atoms with E-state index in [9.17, 15) is 0 Å². The number of rotatable bonds is 2. The van der Waals surface area contributed by atoms with E-state index in [1.165, 1.54) is 12.8 Å². The van der Waals surface area contributed by atoms with Crippen LogP contribution in [0.25, 0.3) is 0 Å². The van der Waals surface area contributed by atoms with Crippen LogP contribution in [0.1, 0.15) is 47.0 Å². The van der Waals surface area contributed by atoms with Crippen LogP contribution in [-0.2, 0) is 19.5 Å². The van der Waals surface area contributed by atoms with Gasteiger partial charge in [0.15, 0.2) is 0 Å². The monoisotopic (exact) mass is 206 g/mol. The van der Waals surface area contributed by atoms with E-state index in [-0.39, 0.29) is 24.9 Å². The molecule has 64 valence electrons. The van der Waals surface area contributed by atoms with Crippen LogP contribution < -0.4 is 0 Å². The van der Waals surface area contributed by atoms with Crippen LogP contribution in [0.4, 0.5) is 0 Å². The number of hydrogen-bond donors (Lipinski definition) is 0. The standard InChI is InChI=1S/2C5H11.Zn/c1-5(2,3)4;1-3-5-4-2;/h1H2,2-4H3;1,3-5H2,2H3;/q2*-1;+2. The van der Waals surface area contributed by atoms with Gasteiger partial charge in [-0.1, -0.05) is 40.5 Å². The molecule has 0 saturated heterocycles. The minimum atomic E-state index is 0. The van der Waals surface area contributed by atoms with Gasteiger partial charge in [-0.3, -0.25) is 0 Å². The van der Waals surface area contributed by atoms with Crippen molar-refractivity contribution in [2.45, 2.75) is 47.0 Å². The third kappa shape index (κ3) is 115. The number of hydrogen-bond acceptors (Lipinski definition) is 0. The average molecular weight is 208 g/mol. The van der Waals surface area contributed by atoms with Gasteiger partial charge in [0.1, 0.15) is 0 Å². The molecule has 0 fully saturated rings. The van der Waals surface area contributed by atoms with Crippen molar-refractivity contribution in [3.8, 4) is 0 Å². The van der Waals surface area contributed by atoms with Crippen molar-refractivity contribution in [2.24, 2.45) is 5.41 Å². The molecular formula is C10H22Zn. The van der Waals surface area contributed by atoms with E-state index in [4.69, 9.17) is 0 Å². The Kier molecular flexibility index (Phi) is 17.0. The molecule has 0 spiro atoms.